The van der Waals surface area contributed by atoms with Gasteiger partial charge in [-0.2, -0.15) is 0 Å². The summed E-state index contributed by atoms with van der Waals surface area (Å²) in [5.41, 5.74) is 13.6. The van der Waals surface area contributed by atoms with Gasteiger partial charge >= 0.3 is 0 Å². The largest absolute Gasteiger partial charge is 0.309 e. The Hall–Kier alpha value is -7.22. The number of fused-ring (bicyclic) bond motifs is 3. The van der Waals surface area contributed by atoms with E-state index in [2.05, 4.69) is 229 Å². The second kappa shape index (κ2) is 15.1. The summed E-state index contributed by atoms with van der Waals surface area (Å²) in [7, 11) is 0. The minimum atomic E-state index is 0.803. The minimum absolute atomic E-state index is 0.803. The van der Waals surface area contributed by atoms with Crippen LogP contribution in [0, 0.1) is 0 Å². The van der Waals surface area contributed by atoms with Crippen molar-refractivity contribution in [2.75, 3.05) is 4.90 Å². The van der Waals surface area contributed by atoms with Crippen LogP contribution in [0.5, 0.6) is 0 Å². The standard InChI is InChI=1S/C56H41N/c1-4-18-40(19-5-1)36-44-25-11-14-28-49(44)50-34-33-48(39-47(50)37-41-20-6-2-7-21-41)57(56-52-30-16-12-26-45(52)38-46-27-13-17-31-53(46)56)54-35-32-42-22-10-15-29-51(42)55(54)43-23-8-3-9-24-43/h1-35,38-39H,36-37H2. The first-order valence-electron chi connectivity index (χ1n) is 19.9. The lowest BCUT2D eigenvalue weighted by Gasteiger charge is -2.32. The first kappa shape index (κ1) is 34.3. The smallest absolute Gasteiger partial charge is 0.0618 e. The zero-order valence-corrected chi connectivity index (χ0v) is 31.7. The van der Waals surface area contributed by atoms with Crippen LogP contribution in [0.25, 0.3) is 54.6 Å². The quantitative estimate of drug-likeness (QED) is 0.134. The molecule has 57 heavy (non-hydrogen) atoms. The zero-order chi connectivity index (χ0) is 38.0. The van der Waals surface area contributed by atoms with Gasteiger partial charge in [0.15, 0.2) is 0 Å². The van der Waals surface area contributed by atoms with Crippen LogP contribution in [0.2, 0.25) is 0 Å². The molecular formula is C56H41N. The summed E-state index contributed by atoms with van der Waals surface area (Å²) in [5, 5.41) is 7.31. The van der Waals surface area contributed by atoms with Crippen molar-refractivity contribution in [3.8, 4) is 22.3 Å². The molecule has 0 atom stereocenters. The molecule has 0 spiro atoms. The summed E-state index contributed by atoms with van der Waals surface area (Å²) in [4.78, 5) is 2.55. The Morgan fingerprint density at radius 1 is 0.333 bits per heavy atom. The molecule has 270 valence electrons. The summed E-state index contributed by atoms with van der Waals surface area (Å²) in [6.07, 6.45) is 1.67. The van der Waals surface area contributed by atoms with E-state index >= 15 is 0 Å². The summed E-state index contributed by atoms with van der Waals surface area (Å²) in [5.74, 6) is 0. The highest BCUT2D eigenvalue weighted by molar-refractivity contribution is 6.16. The number of hydrogen-bond donors (Lipinski definition) is 0. The van der Waals surface area contributed by atoms with Gasteiger partial charge < -0.3 is 4.90 Å². The van der Waals surface area contributed by atoms with Gasteiger partial charge in [0.1, 0.15) is 0 Å². The molecule has 0 aromatic heterocycles. The van der Waals surface area contributed by atoms with Gasteiger partial charge in [-0.05, 0) is 97.6 Å². The molecule has 0 bridgehead atoms. The van der Waals surface area contributed by atoms with Crippen molar-refractivity contribution in [1.82, 2.24) is 0 Å². The van der Waals surface area contributed by atoms with Crippen molar-refractivity contribution in [2.24, 2.45) is 0 Å². The summed E-state index contributed by atoms with van der Waals surface area (Å²) < 4.78 is 0. The van der Waals surface area contributed by atoms with Crippen LogP contribution >= 0.6 is 0 Å². The highest BCUT2D eigenvalue weighted by atomic mass is 15.1. The van der Waals surface area contributed by atoms with Crippen LogP contribution < -0.4 is 4.90 Å². The Bertz CT molecular complexity index is 2950. The molecule has 1 nitrogen and oxygen atoms in total. The van der Waals surface area contributed by atoms with Crippen LogP contribution in [-0.4, -0.2) is 0 Å². The summed E-state index contributed by atoms with van der Waals surface area (Å²) >= 11 is 0. The molecule has 0 unspecified atom stereocenters. The number of benzene rings is 10. The second-order valence-electron chi connectivity index (χ2n) is 14.9. The predicted octanol–water partition coefficient (Wildman–Crippen LogP) is 15.1. The molecule has 1 heteroatoms. The first-order chi connectivity index (χ1) is 28.3. The van der Waals surface area contributed by atoms with E-state index in [9.17, 15) is 0 Å². The topological polar surface area (TPSA) is 3.24 Å². The van der Waals surface area contributed by atoms with Gasteiger partial charge in [0, 0.05) is 22.0 Å². The Morgan fingerprint density at radius 2 is 0.842 bits per heavy atom. The van der Waals surface area contributed by atoms with Crippen LogP contribution in [0.3, 0.4) is 0 Å². The lowest BCUT2D eigenvalue weighted by Crippen LogP contribution is -2.13. The van der Waals surface area contributed by atoms with Gasteiger partial charge in [0.05, 0.1) is 11.4 Å². The number of hydrogen-bond acceptors (Lipinski definition) is 1. The Labute approximate surface area is 334 Å². The molecule has 0 radical (unpaired) electrons. The molecule has 0 saturated carbocycles. The van der Waals surface area contributed by atoms with E-state index < -0.39 is 0 Å². The molecule has 0 N–H and O–H groups in total. The molecule has 10 aromatic carbocycles. The lowest BCUT2D eigenvalue weighted by atomic mass is 9.89. The molecule has 0 heterocycles. The van der Waals surface area contributed by atoms with Gasteiger partial charge in [-0.3, -0.25) is 0 Å². The second-order valence-corrected chi connectivity index (χ2v) is 14.9. The maximum atomic E-state index is 2.55. The van der Waals surface area contributed by atoms with Crippen molar-refractivity contribution in [3.05, 3.63) is 247 Å². The predicted molar refractivity (Wildman–Crippen MR) is 243 cm³/mol. The monoisotopic (exact) mass is 727 g/mol. The third-order valence-corrected chi connectivity index (χ3v) is 11.3. The SMILES string of the molecule is c1ccc(Cc2ccccc2-c2ccc(N(c3ccc4ccccc4c3-c3ccccc3)c3c4ccccc4cc4ccccc34)cc2Cc2ccccc2)cc1. The Kier molecular flexibility index (Phi) is 9.10. The molecule has 0 aliphatic carbocycles. The first-order valence-corrected chi connectivity index (χ1v) is 19.9. The van der Waals surface area contributed by atoms with Crippen LogP contribution in [0.15, 0.2) is 224 Å². The zero-order valence-electron chi connectivity index (χ0n) is 31.7. The molecule has 0 saturated heterocycles. The van der Waals surface area contributed by atoms with E-state index in [-0.39, 0.29) is 0 Å². The molecule has 0 amide bonds. The molecule has 10 aromatic rings. The summed E-state index contributed by atoms with van der Waals surface area (Å²) in [6, 6.07) is 82.2. The fourth-order valence-corrected chi connectivity index (χ4v) is 8.67. The van der Waals surface area contributed by atoms with Crippen molar-refractivity contribution in [3.63, 3.8) is 0 Å². The fraction of sp³-hybridized carbons (Fsp3) is 0.0357. The van der Waals surface area contributed by atoms with E-state index in [0.717, 1.165) is 24.2 Å². The number of nitrogens with zero attached hydrogens (tertiary/aromatic N) is 1. The van der Waals surface area contributed by atoms with E-state index in [4.69, 9.17) is 0 Å². The Balaban J connectivity index is 1.28. The Morgan fingerprint density at radius 3 is 1.51 bits per heavy atom. The van der Waals surface area contributed by atoms with Crippen LogP contribution in [0.1, 0.15) is 22.3 Å². The van der Waals surface area contributed by atoms with Gasteiger partial charge in [0.2, 0.25) is 0 Å². The van der Waals surface area contributed by atoms with E-state index in [1.54, 1.807) is 0 Å². The van der Waals surface area contributed by atoms with Gasteiger partial charge in [-0.15, -0.1) is 0 Å². The average Bonchev–Trinajstić information content (AvgIpc) is 3.27. The van der Waals surface area contributed by atoms with Crippen molar-refractivity contribution >= 4 is 49.4 Å². The summed E-state index contributed by atoms with van der Waals surface area (Å²) in [6.45, 7) is 0. The highest BCUT2D eigenvalue weighted by Gasteiger charge is 2.24. The van der Waals surface area contributed by atoms with Crippen molar-refractivity contribution in [2.45, 2.75) is 12.8 Å². The van der Waals surface area contributed by atoms with Crippen molar-refractivity contribution < 1.29 is 0 Å². The maximum Gasteiger partial charge on any atom is 0.0618 e. The molecular weight excluding hydrogens is 687 g/mol. The molecule has 10 rings (SSSR count). The van der Waals surface area contributed by atoms with E-state index in [1.165, 1.54) is 82.5 Å². The van der Waals surface area contributed by atoms with Crippen LogP contribution in [-0.2, 0) is 12.8 Å². The molecule has 0 fully saturated rings. The third-order valence-electron chi connectivity index (χ3n) is 11.3. The maximum absolute atomic E-state index is 2.55. The van der Waals surface area contributed by atoms with Gasteiger partial charge in [0.25, 0.3) is 0 Å². The van der Waals surface area contributed by atoms with E-state index in [0.29, 0.717) is 0 Å². The number of rotatable bonds is 9. The highest BCUT2D eigenvalue weighted by Crippen LogP contribution is 2.49. The normalized spacial score (nSPS) is 11.3. The average molecular weight is 728 g/mol. The molecule has 0 aliphatic heterocycles. The van der Waals surface area contributed by atoms with E-state index in [1.807, 2.05) is 0 Å². The third kappa shape index (κ3) is 6.64. The number of anilines is 3. The van der Waals surface area contributed by atoms with Crippen LogP contribution in [0.4, 0.5) is 17.1 Å². The van der Waals surface area contributed by atoms with Crippen molar-refractivity contribution in [1.29, 1.82) is 0 Å². The fourth-order valence-electron chi connectivity index (χ4n) is 8.67. The minimum Gasteiger partial charge on any atom is -0.309 e. The lowest BCUT2D eigenvalue weighted by molar-refractivity contribution is 1.16. The van der Waals surface area contributed by atoms with Gasteiger partial charge in [-0.1, -0.05) is 200 Å². The molecule has 0 aliphatic rings. The van der Waals surface area contributed by atoms with Gasteiger partial charge in [-0.25, -0.2) is 0 Å².